The minimum atomic E-state index is -0.980. The number of esters is 2. The lowest BCUT2D eigenvalue weighted by Gasteiger charge is -2.12. The molecule has 0 unspecified atom stereocenters. The van der Waals surface area contributed by atoms with Crippen molar-refractivity contribution in [3.05, 3.63) is 81.2 Å². The van der Waals surface area contributed by atoms with Crippen molar-refractivity contribution in [2.24, 2.45) is 5.10 Å². The highest BCUT2D eigenvalue weighted by Gasteiger charge is 2.28. The second-order valence-electron chi connectivity index (χ2n) is 8.56. The van der Waals surface area contributed by atoms with Crippen molar-refractivity contribution in [3.8, 4) is 5.75 Å². The van der Waals surface area contributed by atoms with Gasteiger partial charge in [0.2, 0.25) is 0 Å². The largest absolute Gasteiger partial charge is 0.462 e. The normalized spacial score (nSPS) is 12.5. The summed E-state index contributed by atoms with van der Waals surface area (Å²) in [5.74, 6) is -2.53. The molecule has 9 nitrogen and oxygen atoms in total. The minimum absolute atomic E-state index is 0.210. The van der Waals surface area contributed by atoms with Gasteiger partial charge in [0.1, 0.15) is 10.8 Å². The van der Waals surface area contributed by atoms with Crippen LogP contribution < -0.4 is 15.5 Å². The molecule has 1 aliphatic carbocycles. The first-order chi connectivity index (χ1) is 18.4. The first-order valence-electron chi connectivity index (χ1n) is 12.2. The molecule has 0 saturated heterocycles. The predicted molar refractivity (Wildman–Crippen MR) is 144 cm³/mol. The molecule has 2 aromatic carbocycles. The van der Waals surface area contributed by atoms with Gasteiger partial charge in [0.15, 0.2) is 0 Å². The van der Waals surface area contributed by atoms with E-state index in [0.717, 1.165) is 41.7 Å². The number of rotatable bonds is 7. The van der Waals surface area contributed by atoms with Crippen LogP contribution in [0.1, 0.15) is 62.0 Å². The van der Waals surface area contributed by atoms with E-state index in [1.807, 2.05) is 19.1 Å². The summed E-state index contributed by atoms with van der Waals surface area (Å²) in [6.45, 7) is 3.76. The van der Waals surface area contributed by atoms with E-state index in [4.69, 9.17) is 9.47 Å². The van der Waals surface area contributed by atoms with Gasteiger partial charge in [-0.2, -0.15) is 5.10 Å². The van der Waals surface area contributed by atoms with Crippen molar-refractivity contribution in [1.82, 2.24) is 5.43 Å². The fourth-order valence-corrected chi connectivity index (χ4v) is 5.31. The molecule has 10 heteroatoms. The lowest BCUT2D eigenvalue weighted by Crippen LogP contribution is -2.32. The highest BCUT2D eigenvalue weighted by Crippen LogP contribution is 2.38. The summed E-state index contributed by atoms with van der Waals surface area (Å²) in [5.41, 5.74) is 5.31. The molecule has 2 N–H and O–H groups in total. The molecule has 1 aromatic heterocycles. The number of hydrogen-bond donors (Lipinski definition) is 2. The zero-order valence-corrected chi connectivity index (χ0v) is 21.9. The zero-order valence-electron chi connectivity index (χ0n) is 21.0. The number of nitrogens with one attached hydrogen (secondary N) is 2. The Labute approximate surface area is 223 Å². The van der Waals surface area contributed by atoms with E-state index < -0.39 is 23.8 Å². The van der Waals surface area contributed by atoms with Crippen molar-refractivity contribution in [1.29, 1.82) is 0 Å². The van der Waals surface area contributed by atoms with Crippen molar-refractivity contribution < 1.29 is 28.7 Å². The van der Waals surface area contributed by atoms with E-state index in [9.17, 15) is 19.2 Å². The lowest BCUT2D eigenvalue weighted by atomic mass is 9.95. The quantitative estimate of drug-likeness (QED) is 0.152. The number of nitrogens with zero attached hydrogens (tertiary/aromatic N) is 1. The molecule has 4 rings (SSSR count). The van der Waals surface area contributed by atoms with Crippen LogP contribution in [0.25, 0.3) is 0 Å². The van der Waals surface area contributed by atoms with Gasteiger partial charge in [-0.3, -0.25) is 9.59 Å². The molecule has 0 bridgehead atoms. The van der Waals surface area contributed by atoms with Gasteiger partial charge in [-0.25, -0.2) is 15.0 Å². The Bertz CT molecular complexity index is 1390. The average Bonchev–Trinajstić information content (AvgIpc) is 3.27. The molecule has 0 radical (unpaired) electrons. The van der Waals surface area contributed by atoms with E-state index in [1.165, 1.54) is 17.6 Å². The molecule has 0 spiro atoms. The molecule has 0 fully saturated rings. The van der Waals surface area contributed by atoms with Gasteiger partial charge < -0.3 is 14.8 Å². The van der Waals surface area contributed by atoms with Crippen LogP contribution in [0.2, 0.25) is 0 Å². The molecule has 1 heterocycles. The van der Waals surface area contributed by atoms with E-state index in [2.05, 4.69) is 15.8 Å². The van der Waals surface area contributed by atoms with Gasteiger partial charge in [0.05, 0.1) is 23.9 Å². The van der Waals surface area contributed by atoms with Crippen LogP contribution >= 0.6 is 11.3 Å². The maximum absolute atomic E-state index is 12.5. The third-order valence-electron chi connectivity index (χ3n) is 5.92. The Kier molecular flexibility index (Phi) is 8.65. The maximum Gasteiger partial charge on any atom is 0.343 e. The molecular weight excluding hydrogens is 506 g/mol. The van der Waals surface area contributed by atoms with Crippen LogP contribution in [0.4, 0.5) is 5.00 Å². The van der Waals surface area contributed by atoms with E-state index in [1.54, 1.807) is 43.3 Å². The van der Waals surface area contributed by atoms with Crippen LogP contribution in [0.5, 0.6) is 5.75 Å². The van der Waals surface area contributed by atoms with Crippen molar-refractivity contribution in [3.63, 3.8) is 0 Å². The van der Waals surface area contributed by atoms with Crippen molar-refractivity contribution in [2.45, 2.75) is 39.5 Å². The van der Waals surface area contributed by atoms with Crippen LogP contribution in [-0.2, 0) is 27.2 Å². The Morgan fingerprint density at radius 3 is 2.45 bits per heavy atom. The number of carbonyl (C=O) groups excluding carboxylic acids is 4. The summed E-state index contributed by atoms with van der Waals surface area (Å²) in [7, 11) is 0. The first kappa shape index (κ1) is 26.7. The Hall–Kier alpha value is -4.31. The molecule has 0 aliphatic heterocycles. The number of benzene rings is 2. The minimum Gasteiger partial charge on any atom is -0.462 e. The first-order valence-corrected chi connectivity index (χ1v) is 13.0. The van der Waals surface area contributed by atoms with E-state index in [-0.39, 0.29) is 6.61 Å². The zero-order chi connectivity index (χ0) is 27.1. The van der Waals surface area contributed by atoms with Crippen LogP contribution in [0.15, 0.2) is 53.6 Å². The molecule has 1 aliphatic rings. The number of aryl methyl sites for hydroxylation is 2. The summed E-state index contributed by atoms with van der Waals surface area (Å²) < 4.78 is 10.6. The number of amides is 2. The summed E-state index contributed by atoms with van der Waals surface area (Å²) in [4.78, 5) is 50.7. The van der Waals surface area contributed by atoms with Gasteiger partial charge >= 0.3 is 23.8 Å². The fourth-order valence-electron chi connectivity index (χ4n) is 4.04. The van der Waals surface area contributed by atoms with E-state index >= 15 is 0 Å². The molecule has 0 atom stereocenters. The summed E-state index contributed by atoms with van der Waals surface area (Å²) in [5, 5.41) is 6.68. The molecule has 0 saturated carbocycles. The average molecular weight is 534 g/mol. The fraction of sp³-hybridized carbons (Fsp3) is 0.250. The number of anilines is 1. The molecule has 196 valence electrons. The van der Waals surface area contributed by atoms with Crippen molar-refractivity contribution >= 4 is 46.3 Å². The number of thiophene rings is 1. The van der Waals surface area contributed by atoms with Gasteiger partial charge in [-0.05, 0) is 86.6 Å². The second-order valence-corrected chi connectivity index (χ2v) is 9.67. The van der Waals surface area contributed by atoms with Crippen LogP contribution in [-0.4, -0.2) is 36.6 Å². The number of ether oxygens (including phenoxy) is 2. The maximum atomic E-state index is 12.5. The SMILES string of the molecule is CCOC(=O)c1c(NC(=O)C(=O)N/N=C/c2ccc(OC(=O)c3ccccc3C)cc2)sc2c1CCCC2. The third-order valence-corrected chi connectivity index (χ3v) is 7.13. The molecule has 38 heavy (non-hydrogen) atoms. The Morgan fingerprint density at radius 2 is 1.71 bits per heavy atom. The highest BCUT2D eigenvalue weighted by atomic mass is 32.1. The number of hydrogen-bond acceptors (Lipinski definition) is 8. The number of fused-ring (bicyclic) bond motifs is 1. The van der Waals surface area contributed by atoms with Gasteiger partial charge in [0, 0.05) is 4.88 Å². The summed E-state index contributed by atoms with van der Waals surface area (Å²) in [6, 6.07) is 13.6. The summed E-state index contributed by atoms with van der Waals surface area (Å²) >= 11 is 1.30. The molecule has 3 aromatic rings. The predicted octanol–water partition coefficient (Wildman–Crippen LogP) is 4.42. The monoisotopic (exact) mass is 533 g/mol. The Morgan fingerprint density at radius 1 is 0.974 bits per heavy atom. The standard InChI is InChI=1S/C28H27N3O6S/c1-3-36-28(35)23-21-10-6-7-11-22(21)38-26(23)30-24(32)25(33)31-29-16-18-12-14-19(15-13-18)37-27(34)20-9-5-4-8-17(20)2/h4-5,8-9,12-16H,3,6-7,10-11H2,1-2H3,(H,30,32)(H,31,33)/b29-16+. The number of hydrazone groups is 1. The van der Waals surface area contributed by atoms with Crippen molar-refractivity contribution in [2.75, 3.05) is 11.9 Å². The Balaban J connectivity index is 1.34. The number of carbonyl (C=O) groups is 4. The smallest absolute Gasteiger partial charge is 0.343 e. The molecule has 2 amide bonds. The van der Waals surface area contributed by atoms with Crippen LogP contribution in [0, 0.1) is 6.92 Å². The van der Waals surface area contributed by atoms with Gasteiger partial charge in [0.25, 0.3) is 0 Å². The third kappa shape index (κ3) is 6.33. The second kappa shape index (κ2) is 12.3. The lowest BCUT2D eigenvalue weighted by molar-refractivity contribution is -0.136. The molecular formula is C28H27N3O6S. The topological polar surface area (TPSA) is 123 Å². The highest BCUT2D eigenvalue weighted by molar-refractivity contribution is 7.17. The van der Waals surface area contributed by atoms with Gasteiger partial charge in [-0.1, -0.05) is 18.2 Å². The van der Waals surface area contributed by atoms with Crippen LogP contribution in [0.3, 0.4) is 0 Å². The van der Waals surface area contributed by atoms with E-state index in [0.29, 0.717) is 27.4 Å². The summed E-state index contributed by atoms with van der Waals surface area (Å²) in [6.07, 6.45) is 4.87. The van der Waals surface area contributed by atoms with Gasteiger partial charge in [-0.15, -0.1) is 11.3 Å².